The van der Waals surface area contributed by atoms with Crippen LogP contribution >= 0.6 is 0 Å². The number of likely N-dealkylation sites (tertiary alicyclic amines) is 1. The summed E-state index contributed by atoms with van der Waals surface area (Å²) in [6.45, 7) is 8.50. The highest BCUT2D eigenvalue weighted by atomic mass is 16.4. The number of carboxylic acid groups (broad SMARTS) is 1. The first-order valence-electron chi connectivity index (χ1n) is 6.49. The fraction of sp³-hybridized carbons (Fsp3) is 0.923. The molecule has 3 nitrogen and oxygen atoms in total. The van der Waals surface area contributed by atoms with Crippen molar-refractivity contribution < 1.29 is 9.90 Å². The minimum Gasteiger partial charge on any atom is -0.480 e. The van der Waals surface area contributed by atoms with Crippen LogP contribution in [0.1, 0.15) is 52.9 Å². The Labute approximate surface area is 98.8 Å². The van der Waals surface area contributed by atoms with Crippen LogP contribution in [-0.2, 0) is 4.79 Å². The quantitative estimate of drug-likeness (QED) is 0.785. The summed E-state index contributed by atoms with van der Waals surface area (Å²) in [5.74, 6) is -0.651. The lowest BCUT2D eigenvalue weighted by atomic mass is 9.78. The van der Waals surface area contributed by atoms with Gasteiger partial charge in [-0.25, -0.2) is 0 Å². The molecular formula is C13H25NO2. The van der Waals surface area contributed by atoms with E-state index in [1.54, 1.807) is 0 Å². The standard InChI is InChI=1S/C13H25NO2/c1-4-6-11(12(15)16)14-9-7-13(3,5-2)8-10-14/h11H,4-10H2,1-3H3,(H,15,16). The van der Waals surface area contributed by atoms with Gasteiger partial charge in [-0.1, -0.05) is 33.6 Å². The van der Waals surface area contributed by atoms with Crippen molar-refractivity contribution in [2.75, 3.05) is 13.1 Å². The van der Waals surface area contributed by atoms with Gasteiger partial charge in [-0.15, -0.1) is 0 Å². The molecule has 1 rings (SSSR count). The van der Waals surface area contributed by atoms with Crippen LogP contribution in [0.5, 0.6) is 0 Å². The van der Waals surface area contributed by atoms with Crippen LogP contribution in [0.2, 0.25) is 0 Å². The lowest BCUT2D eigenvalue weighted by molar-refractivity contribution is -0.144. The summed E-state index contributed by atoms with van der Waals surface area (Å²) < 4.78 is 0. The molecule has 0 aliphatic carbocycles. The highest BCUT2D eigenvalue weighted by Crippen LogP contribution is 2.34. The highest BCUT2D eigenvalue weighted by molar-refractivity contribution is 5.73. The summed E-state index contributed by atoms with van der Waals surface area (Å²) in [4.78, 5) is 13.3. The molecule has 0 aromatic rings. The predicted molar refractivity (Wildman–Crippen MR) is 65.5 cm³/mol. The molecule has 0 radical (unpaired) electrons. The number of aliphatic carboxylic acids is 1. The maximum Gasteiger partial charge on any atom is 0.320 e. The lowest BCUT2D eigenvalue weighted by Gasteiger charge is -2.41. The molecular weight excluding hydrogens is 202 g/mol. The Bertz CT molecular complexity index is 232. The second-order valence-corrected chi connectivity index (χ2v) is 5.34. The van der Waals surface area contributed by atoms with Crippen molar-refractivity contribution >= 4 is 5.97 Å². The molecule has 0 spiro atoms. The van der Waals surface area contributed by atoms with Gasteiger partial charge in [-0.2, -0.15) is 0 Å². The Balaban J connectivity index is 2.53. The third kappa shape index (κ3) is 3.21. The first-order chi connectivity index (χ1) is 7.52. The molecule has 0 saturated carbocycles. The molecule has 0 aromatic carbocycles. The Hall–Kier alpha value is -0.570. The molecule has 0 amide bonds. The van der Waals surface area contributed by atoms with Crippen LogP contribution in [0.3, 0.4) is 0 Å². The summed E-state index contributed by atoms with van der Waals surface area (Å²) in [5, 5.41) is 9.20. The van der Waals surface area contributed by atoms with Crippen molar-refractivity contribution in [2.24, 2.45) is 5.41 Å². The minimum absolute atomic E-state index is 0.258. The first kappa shape index (κ1) is 13.5. The third-order valence-electron chi connectivity index (χ3n) is 4.15. The van der Waals surface area contributed by atoms with Crippen LogP contribution < -0.4 is 0 Å². The number of carbonyl (C=O) groups is 1. The van der Waals surface area contributed by atoms with Gasteiger partial charge < -0.3 is 5.11 Å². The second kappa shape index (κ2) is 5.67. The largest absolute Gasteiger partial charge is 0.480 e. The Morgan fingerprint density at radius 1 is 1.38 bits per heavy atom. The number of nitrogens with zero attached hydrogens (tertiary/aromatic N) is 1. The van der Waals surface area contributed by atoms with Gasteiger partial charge in [0, 0.05) is 0 Å². The van der Waals surface area contributed by atoms with Gasteiger partial charge in [-0.3, -0.25) is 9.69 Å². The molecule has 16 heavy (non-hydrogen) atoms. The molecule has 1 atom stereocenters. The van der Waals surface area contributed by atoms with Crippen molar-refractivity contribution in [3.63, 3.8) is 0 Å². The van der Waals surface area contributed by atoms with Crippen LogP contribution in [0.15, 0.2) is 0 Å². The minimum atomic E-state index is -0.651. The fourth-order valence-electron chi connectivity index (χ4n) is 2.46. The molecule has 1 unspecified atom stereocenters. The van der Waals surface area contributed by atoms with E-state index in [4.69, 9.17) is 0 Å². The summed E-state index contributed by atoms with van der Waals surface area (Å²) >= 11 is 0. The zero-order valence-electron chi connectivity index (χ0n) is 10.8. The number of piperidine rings is 1. The molecule has 1 aliphatic rings. The topological polar surface area (TPSA) is 40.5 Å². The van der Waals surface area contributed by atoms with Crippen LogP contribution in [0, 0.1) is 5.41 Å². The van der Waals surface area contributed by atoms with Crippen molar-refractivity contribution in [3.05, 3.63) is 0 Å². The Morgan fingerprint density at radius 3 is 2.31 bits per heavy atom. The van der Waals surface area contributed by atoms with Gasteiger partial charge in [-0.05, 0) is 37.8 Å². The summed E-state index contributed by atoms with van der Waals surface area (Å²) in [5.41, 5.74) is 0.436. The summed E-state index contributed by atoms with van der Waals surface area (Å²) in [6, 6.07) is -0.258. The molecule has 94 valence electrons. The highest BCUT2D eigenvalue weighted by Gasteiger charge is 2.33. The second-order valence-electron chi connectivity index (χ2n) is 5.34. The summed E-state index contributed by atoms with van der Waals surface area (Å²) in [6.07, 6.45) is 5.19. The first-order valence-corrected chi connectivity index (χ1v) is 6.49. The van der Waals surface area contributed by atoms with Crippen molar-refractivity contribution in [1.82, 2.24) is 4.90 Å². The van der Waals surface area contributed by atoms with E-state index in [0.29, 0.717) is 5.41 Å². The van der Waals surface area contributed by atoms with Crippen LogP contribution in [0.4, 0.5) is 0 Å². The third-order valence-corrected chi connectivity index (χ3v) is 4.15. The predicted octanol–water partition coefficient (Wildman–Crippen LogP) is 2.75. The summed E-state index contributed by atoms with van der Waals surface area (Å²) in [7, 11) is 0. The zero-order valence-corrected chi connectivity index (χ0v) is 10.8. The van der Waals surface area contributed by atoms with E-state index in [9.17, 15) is 9.90 Å². The zero-order chi connectivity index (χ0) is 12.2. The van der Waals surface area contributed by atoms with Gasteiger partial charge in [0.05, 0.1) is 0 Å². The average molecular weight is 227 g/mol. The molecule has 1 fully saturated rings. The van der Waals surface area contributed by atoms with E-state index in [0.717, 1.165) is 38.8 Å². The Morgan fingerprint density at radius 2 is 1.94 bits per heavy atom. The number of rotatable bonds is 5. The van der Waals surface area contributed by atoms with Gasteiger partial charge in [0.1, 0.15) is 6.04 Å². The van der Waals surface area contributed by atoms with E-state index in [2.05, 4.69) is 25.7 Å². The van der Waals surface area contributed by atoms with Crippen molar-refractivity contribution in [3.8, 4) is 0 Å². The lowest BCUT2D eigenvalue weighted by Crippen LogP contribution is -2.47. The van der Waals surface area contributed by atoms with Crippen LogP contribution in [0.25, 0.3) is 0 Å². The number of hydrogen-bond acceptors (Lipinski definition) is 2. The average Bonchev–Trinajstić information content (AvgIpc) is 2.27. The number of carboxylic acids is 1. The van der Waals surface area contributed by atoms with Gasteiger partial charge in [0.2, 0.25) is 0 Å². The molecule has 1 N–H and O–H groups in total. The van der Waals surface area contributed by atoms with E-state index in [1.807, 2.05) is 0 Å². The van der Waals surface area contributed by atoms with Crippen molar-refractivity contribution in [1.29, 1.82) is 0 Å². The molecule has 1 aliphatic heterocycles. The van der Waals surface area contributed by atoms with Gasteiger partial charge in [0.15, 0.2) is 0 Å². The monoisotopic (exact) mass is 227 g/mol. The smallest absolute Gasteiger partial charge is 0.320 e. The molecule has 0 bridgehead atoms. The van der Waals surface area contributed by atoms with E-state index in [1.165, 1.54) is 6.42 Å². The fourth-order valence-corrected chi connectivity index (χ4v) is 2.46. The molecule has 1 heterocycles. The SMILES string of the molecule is CCCC(C(=O)O)N1CCC(C)(CC)CC1. The van der Waals surface area contributed by atoms with E-state index in [-0.39, 0.29) is 6.04 Å². The van der Waals surface area contributed by atoms with E-state index < -0.39 is 5.97 Å². The molecule has 1 saturated heterocycles. The van der Waals surface area contributed by atoms with Crippen molar-refractivity contribution in [2.45, 2.75) is 58.9 Å². The maximum atomic E-state index is 11.2. The normalized spacial score (nSPS) is 22.9. The van der Waals surface area contributed by atoms with E-state index >= 15 is 0 Å². The van der Waals surface area contributed by atoms with Crippen LogP contribution in [-0.4, -0.2) is 35.1 Å². The maximum absolute atomic E-state index is 11.2. The molecule has 3 heteroatoms. The number of hydrogen-bond donors (Lipinski definition) is 1. The van der Waals surface area contributed by atoms with Gasteiger partial charge in [0.25, 0.3) is 0 Å². The van der Waals surface area contributed by atoms with Gasteiger partial charge >= 0.3 is 5.97 Å². The Kier molecular flexibility index (Phi) is 4.78. The molecule has 0 aromatic heterocycles.